The molecule has 0 radical (unpaired) electrons. The third-order valence-electron chi connectivity index (χ3n) is 3.70. The van der Waals surface area contributed by atoms with E-state index in [2.05, 4.69) is 21.4 Å². The normalized spacial score (nSPS) is 21.1. The quantitative estimate of drug-likeness (QED) is 0.185. The number of carbonyl (C=O) groups excluding carboxylic acids is 2. The fourth-order valence-electron chi connectivity index (χ4n) is 2.54. The van der Waals surface area contributed by atoms with Crippen LogP contribution in [0.4, 0.5) is 5.13 Å². The van der Waals surface area contributed by atoms with Crippen molar-refractivity contribution in [3.63, 3.8) is 0 Å². The minimum absolute atomic E-state index is 0.00950. The number of rotatable bonds is 6. The van der Waals surface area contributed by atoms with Crippen molar-refractivity contribution in [2.24, 2.45) is 5.16 Å². The van der Waals surface area contributed by atoms with Crippen LogP contribution in [-0.2, 0) is 19.2 Å². The summed E-state index contributed by atoms with van der Waals surface area (Å²) in [6, 6.07) is -0.937. The molecule has 3 rings (SSSR count). The number of thiazole rings is 1. The fourth-order valence-corrected chi connectivity index (χ4v) is 4.66. The third-order valence-corrected chi connectivity index (χ3v) is 5.96. The summed E-state index contributed by atoms with van der Waals surface area (Å²) in [6.07, 6.45) is 6.54. The highest BCUT2D eigenvalue weighted by atomic mass is 35.5. The number of oxime groups is 1. The van der Waals surface area contributed by atoms with Crippen LogP contribution in [0.25, 0.3) is 0 Å². The molecule has 0 aromatic carbocycles. The van der Waals surface area contributed by atoms with E-state index >= 15 is 0 Å². The number of nitrogen functional groups attached to an aromatic ring is 1. The van der Waals surface area contributed by atoms with Gasteiger partial charge < -0.3 is 21.0 Å². The van der Waals surface area contributed by atoms with E-state index < -0.39 is 29.2 Å². The lowest BCUT2D eigenvalue weighted by Crippen LogP contribution is -2.70. The molecule has 28 heavy (non-hydrogen) atoms. The zero-order valence-corrected chi connectivity index (χ0v) is 16.3. The minimum Gasteiger partial charge on any atom is -0.477 e. The van der Waals surface area contributed by atoms with Crippen LogP contribution in [-0.4, -0.2) is 62.3 Å². The van der Waals surface area contributed by atoms with Gasteiger partial charge >= 0.3 is 5.97 Å². The van der Waals surface area contributed by atoms with Gasteiger partial charge in [-0.1, -0.05) is 34.0 Å². The molecule has 1 unspecified atom stereocenters. The number of aliphatic carboxylic acids is 1. The molecule has 1 aromatic rings. The first kappa shape index (κ1) is 20.0. The number of β-lactam (4-membered cyclic amide) rings is 1. The summed E-state index contributed by atoms with van der Waals surface area (Å²) in [5, 5.41) is 14.9. The van der Waals surface area contributed by atoms with Gasteiger partial charge in [-0.2, -0.15) is 0 Å². The Morgan fingerprint density at radius 3 is 2.96 bits per heavy atom. The van der Waals surface area contributed by atoms with Crippen LogP contribution in [0.5, 0.6) is 0 Å². The monoisotopic (exact) mass is 441 g/mol. The van der Waals surface area contributed by atoms with E-state index in [1.165, 1.54) is 17.8 Å². The Labute approximate surface area is 171 Å². The van der Waals surface area contributed by atoms with Gasteiger partial charge in [-0.3, -0.25) is 14.5 Å². The van der Waals surface area contributed by atoms with Crippen molar-refractivity contribution in [1.29, 1.82) is 0 Å². The number of carboxylic acids is 1. The van der Waals surface area contributed by atoms with Crippen molar-refractivity contribution >= 4 is 63.3 Å². The molecule has 2 amide bonds. The van der Waals surface area contributed by atoms with Crippen molar-refractivity contribution < 1.29 is 24.3 Å². The number of anilines is 1. The largest absolute Gasteiger partial charge is 0.477 e. The molecule has 0 aliphatic carbocycles. The standard InChI is InChI=1S/C15H12ClN5O5S2/c1-2-4-26-20-8(7-10(16)28-15(17)19-7)11(22)18-9-12(23)21-6(14(24)25)3-5-27-13(9)21/h1,3,9,13H,4-5H2,(H2,17,19)(H,18,22)(H,24,25)/t9?,13-/m0/s1. The summed E-state index contributed by atoms with van der Waals surface area (Å²) in [6.45, 7) is -0.199. The highest BCUT2D eigenvalue weighted by Crippen LogP contribution is 2.37. The molecule has 2 aliphatic heterocycles. The van der Waals surface area contributed by atoms with Crippen LogP contribution in [0, 0.1) is 12.3 Å². The lowest BCUT2D eigenvalue weighted by atomic mass is 10.0. The second kappa shape index (κ2) is 8.09. The van der Waals surface area contributed by atoms with Crippen LogP contribution >= 0.6 is 34.7 Å². The predicted molar refractivity (Wildman–Crippen MR) is 104 cm³/mol. The van der Waals surface area contributed by atoms with Gasteiger partial charge in [0.1, 0.15) is 27.1 Å². The maximum Gasteiger partial charge on any atom is 0.352 e. The first-order chi connectivity index (χ1) is 13.3. The Morgan fingerprint density at radius 1 is 1.61 bits per heavy atom. The molecular weight excluding hydrogens is 430 g/mol. The van der Waals surface area contributed by atoms with Crippen molar-refractivity contribution in [3.05, 3.63) is 21.8 Å². The number of carboxylic acid groups (broad SMARTS) is 1. The molecule has 146 valence electrons. The number of nitrogens with two attached hydrogens (primary N) is 1. The van der Waals surface area contributed by atoms with Gasteiger partial charge in [0.25, 0.3) is 11.8 Å². The molecule has 13 heteroatoms. The molecule has 1 fully saturated rings. The number of hydrogen-bond donors (Lipinski definition) is 3. The predicted octanol–water partition coefficient (Wildman–Crippen LogP) is 0.101. The highest BCUT2D eigenvalue weighted by molar-refractivity contribution is 8.00. The van der Waals surface area contributed by atoms with Gasteiger partial charge in [0.2, 0.25) is 0 Å². The molecular formula is C15H12ClN5O5S2. The van der Waals surface area contributed by atoms with Gasteiger partial charge in [-0.05, 0) is 6.08 Å². The second-order valence-electron chi connectivity index (χ2n) is 5.37. The second-order valence-corrected chi connectivity index (χ2v) is 8.15. The number of carbonyl (C=O) groups is 3. The Morgan fingerprint density at radius 2 is 2.36 bits per heavy atom. The molecule has 1 aromatic heterocycles. The number of aromatic nitrogens is 1. The number of nitrogens with one attached hydrogen (secondary N) is 1. The van der Waals surface area contributed by atoms with Crippen LogP contribution in [0.1, 0.15) is 5.69 Å². The zero-order chi connectivity index (χ0) is 20.4. The van der Waals surface area contributed by atoms with Crippen molar-refractivity contribution in [2.75, 3.05) is 18.1 Å². The van der Waals surface area contributed by atoms with Gasteiger partial charge in [-0.15, -0.1) is 18.2 Å². The third kappa shape index (κ3) is 3.64. The van der Waals surface area contributed by atoms with Crippen molar-refractivity contribution in [1.82, 2.24) is 15.2 Å². The maximum atomic E-state index is 12.7. The first-order valence-electron chi connectivity index (χ1n) is 7.59. The summed E-state index contributed by atoms with van der Waals surface area (Å²) < 4.78 is 0.111. The van der Waals surface area contributed by atoms with E-state index in [0.29, 0.717) is 5.75 Å². The molecule has 0 saturated carbocycles. The zero-order valence-electron chi connectivity index (χ0n) is 13.9. The molecule has 0 spiro atoms. The lowest BCUT2D eigenvalue weighted by molar-refractivity contribution is -0.150. The number of thioether (sulfide) groups is 1. The Kier molecular flexibility index (Phi) is 5.78. The van der Waals surface area contributed by atoms with Gasteiger partial charge in [0.15, 0.2) is 17.5 Å². The van der Waals surface area contributed by atoms with E-state index in [1.54, 1.807) is 0 Å². The smallest absolute Gasteiger partial charge is 0.352 e. The molecule has 1 saturated heterocycles. The van der Waals surface area contributed by atoms with Crippen molar-refractivity contribution in [2.45, 2.75) is 11.4 Å². The van der Waals surface area contributed by atoms with E-state index in [0.717, 1.165) is 16.2 Å². The average molecular weight is 442 g/mol. The molecule has 4 N–H and O–H groups in total. The summed E-state index contributed by atoms with van der Waals surface area (Å²) in [7, 11) is 0. The van der Waals surface area contributed by atoms with E-state index in [4.69, 9.17) is 28.6 Å². The van der Waals surface area contributed by atoms with E-state index in [1.807, 2.05) is 0 Å². The average Bonchev–Trinajstić information content (AvgIpc) is 2.99. The van der Waals surface area contributed by atoms with Crippen LogP contribution in [0.15, 0.2) is 16.9 Å². The molecule has 2 aliphatic rings. The summed E-state index contributed by atoms with van der Waals surface area (Å²) in [5.74, 6) is 0.0433. The highest BCUT2D eigenvalue weighted by Gasteiger charge is 2.53. The van der Waals surface area contributed by atoms with Gasteiger partial charge in [0, 0.05) is 5.75 Å². The van der Waals surface area contributed by atoms with Crippen LogP contribution in [0.2, 0.25) is 4.34 Å². The SMILES string of the molecule is C#CCON=C(C(=O)NC1C(=O)N2C(C(=O)O)=CCS[C@@H]12)c1nc(N)sc1Cl. The number of amides is 2. The fraction of sp³-hybridized carbons (Fsp3) is 0.267. The maximum absolute atomic E-state index is 12.7. The topological polar surface area (TPSA) is 147 Å². The van der Waals surface area contributed by atoms with Gasteiger partial charge in [-0.25, -0.2) is 9.78 Å². The first-order valence-corrected chi connectivity index (χ1v) is 9.84. The molecule has 10 nitrogen and oxygen atoms in total. The number of fused-ring (bicyclic) bond motifs is 1. The van der Waals surface area contributed by atoms with Crippen LogP contribution < -0.4 is 11.1 Å². The molecule has 2 atom stereocenters. The number of nitrogens with zero attached hydrogens (tertiary/aromatic N) is 3. The minimum atomic E-state index is -1.21. The van der Waals surface area contributed by atoms with E-state index in [-0.39, 0.29) is 33.2 Å². The van der Waals surface area contributed by atoms with Crippen molar-refractivity contribution in [3.8, 4) is 12.3 Å². The van der Waals surface area contributed by atoms with Crippen LogP contribution in [0.3, 0.4) is 0 Å². The Hall–Kier alpha value is -2.75. The summed E-state index contributed by atoms with van der Waals surface area (Å²) >= 11 is 8.30. The number of terminal acetylenes is 1. The lowest BCUT2D eigenvalue weighted by Gasteiger charge is -2.48. The Bertz CT molecular complexity index is 953. The summed E-state index contributed by atoms with van der Waals surface area (Å²) in [5.41, 5.74) is 5.18. The van der Waals surface area contributed by atoms with Gasteiger partial charge in [0.05, 0.1) is 0 Å². The Balaban J connectivity index is 1.80. The number of halogens is 1. The van der Waals surface area contributed by atoms with E-state index in [9.17, 15) is 19.5 Å². The number of hydrogen-bond acceptors (Lipinski definition) is 9. The molecule has 3 heterocycles. The molecule has 0 bridgehead atoms. The summed E-state index contributed by atoms with van der Waals surface area (Å²) in [4.78, 5) is 46.3.